The molecule has 1 unspecified atom stereocenters. The number of nitrogens with two attached hydrogens (primary N) is 2. The topological polar surface area (TPSA) is 165 Å². The average molecular weight is 384 g/mol. The van der Waals surface area contributed by atoms with Crippen molar-refractivity contribution in [2.75, 3.05) is 6.61 Å². The Morgan fingerprint density at radius 2 is 1.73 bits per heavy atom. The zero-order valence-corrected chi connectivity index (χ0v) is 13.6. The summed E-state index contributed by atoms with van der Waals surface area (Å²) < 4.78 is 7.75. The molecule has 1 heterocycles. The van der Waals surface area contributed by atoms with Gasteiger partial charge in [-0.3, -0.25) is 9.59 Å². The second-order valence-corrected chi connectivity index (χ2v) is 6.54. The molecule has 7 N–H and O–H groups in total. The maximum atomic E-state index is 10.7. The molecule has 0 aromatic carbocycles. The lowest BCUT2D eigenvalue weighted by molar-refractivity contribution is -0.258. The number of primary amides is 1. The molecule has 0 radical (unpaired) electrons. The molecule has 12 heteroatoms. The minimum atomic E-state index is -1.94. The fraction of sp³-hybridized carbons (Fsp3) is 0.800. The third-order valence-electron chi connectivity index (χ3n) is 2.49. The molecule has 5 atom stereocenters. The summed E-state index contributed by atoms with van der Waals surface area (Å²) in [6, 6.07) is -1.04. The summed E-state index contributed by atoms with van der Waals surface area (Å²) in [6.45, 7) is 0.671. The van der Waals surface area contributed by atoms with E-state index in [2.05, 4.69) is 10.5 Å². The number of carbonyl (C=O) groups excluding carboxylic acids is 2. The van der Waals surface area contributed by atoms with Crippen molar-refractivity contribution in [1.29, 1.82) is 0 Å². The van der Waals surface area contributed by atoms with Crippen molar-refractivity contribution in [1.82, 2.24) is 0 Å². The van der Waals surface area contributed by atoms with E-state index in [9.17, 15) is 19.8 Å². The zero-order chi connectivity index (χ0) is 17.7. The molecule has 0 saturated carbocycles. The molecule has 1 rings (SSSR count). The van der Waals surface area contributed by atoms with Crippen LogP contribution in [-0.4, -0.2) is 68.2 Å². The first kappa shape index (κ1) is 21.6. The zero-order valence-electron chi connectivity index (χ0n) is 11.4. The van der Waals surface area contributed by atoms with Gasteiger partial charge in [0.1, 0.15) is 18.3 Å². The first-order valence-electron chi connectivity index (χ1n) is 5.83. The Kier molecular flexibility index (Phi) is 8.88. The van der Waals surface area contributed by atoms with E-state index < -0.39 is 52.9 Å². The molecule has 1 aliphatic heterocycles. The summed E-state index contributed by atoms with van der Waals surface area (Å²) in [6.07, 6.45) is -4.76. The highest BCUT2D eigenvalue weighted by atomic mass is 35.6. The van der Waals surface area contributed by atoms with Gasteiger partial charge in [0.05, 0.1) is 12.6 Å². The average Bonchev–Trinajstić information content (AvgIpc) is 2.38. The summed E-state index contributed by atoms with van der Waals surface area (Å²) in [5.41, 5.74) is 10.0. The van der Waals surface area contributed by atoms with Crippen molar-refractivity contribution < 1.29 is 34.4 Å². The van der Waals surface area contributed by atoms with Crippen LogP contribution in [0.1, 0.15) is 6.92 Å². The Hall–Kier alpha value is -0.390. The van der Waals surface area contributed by atoms with Crippen LogP contribution in [0, 0.1) is 0 Å². The quantitative estimate of drug-likeness (QED) is 0.274. The standard InChI is InChI=1S/C8H15NO6.C2H2Cl3NO/c1-3(11)14-8-5(9)7(13)6(12)4(2-10)15-8;3-2(4,5)1(6)7/h4-8,10,12-13H,2,9H2,1H3;(H2,6,7)/t4-,5-,6-,7-,8?;/m1./s1. The maximum Gasteiger partial charge on any atom is 0.304 e. The van der Waals surface area contributed by atoms with Crippen LogP contribution in [0.5, 0.6) is 0 Å². The monoisotopic (exact) mass is 382 g/mol. The predicted molar refractivity (Wildman–Crippen MR) is 77.0 cm³/mol. The third kappa shape index (κ3) is 6.80. The number of amides is 1. The Labute approximate surface area is 141 Å². The lowest BCUT2D eigenvalue weighted by Gasteiger charge is -2.39. The number of hydrogen-bond acceptors (Lipinski definition) is 8. The van der Waals surface area contributed by atoms with Crippen LogP contribution in [-0.2, 0) is 19.1 Å². The fourth-order valence-electron chi connectivity index (χ4n) is 1.37. The number of aliphatic hydroxyl groups is 3. The lowest BCUT2D eigenvalue weighted by Crippen LogP contribution is -2.62. The molecule has 0 aromatic rings. The number of ether oxygens (including phenoxy) is 2. The summed E-state index contributed by atoms with van der Waals surface area (Å²) in [5.74, 6) is -1.58. The van der Waals surface area contributed by atoms with Gasteiger partial charge in [-0.2, -0.15) is 0 Å². The van der Waals surface area contributed by atoms with Crippen LogP contribution in [0.25, 0.3) is 0 Å². The molecule has 0 aromatic heterocycles. The van der Waals surface area contributed by atoms with Crippen LogP contribution >= 0.6 is 34.8 Å². The Bertz CT molecular complexity index is 391. The molecule has 0 aliphatic carbocycles. The van der Waals surface area contributed by atoms with Crippen LogP contribution < -0.4 is 11.5 Å². The number of alkyl halides is 3. The summed E-state index contributed by atoms with van der Waals surface area (Å²) in [4.78, 5) is 20.5. The molecule has 1 fully saturated rings. The van der Waals surface area contributed by atoms with E-state index >= 15 is 0 Å². The van der Waals surface area contributed by atoms with Crippen molar-refractivity contribution in [3.8, 4) is 0 Å². The van der Waals surface area contributed by atoms with Crippen molar-refractivity contribution in [2.45, 2.75) is 41.4 Å². The van der Waals surface area contributed by atoms with Gasteiger partial charge in [0.25, 0.3) is 9.70 Å². The van der Waals surface area contributed by atoms with Gasteiger partial charge in [-0.05, 0) is 0 Å². The highest BCUT2D eigenvalue weighted by Gasteiger charge is 2.43. The first-order chi connectivity index (χ1) is 9.91. The number of hydrogen-bond donors (Lipinski definition) is 5. The number of esters is 1. The number of aliphatic hydroxyl groups excluding tert-OH is 3. The second kappa shape index (κ2) is 9.04. The van der Waals surface area contributed by atoms with Gasteiger partial charge < -0.3 is 36.3 Å². The second-order valence-electron chi connectivity index (χ2n) is 4.26. The molecular weight excluding hydrogens is 366 g/mol. The molecule has 1 amide bonds. The molecule has 130 valence electrons. The van der Waals surface area contributed by atoms with Gasteiger partial charge >= 0.3 is 5.97 Å². The normalized spacial score (nSPS) is 31.7. The predicted octanol–water partition coefficient (Wildman–Crippen LogP) is -1.84. The van der Waals surface area contributed by atoms with E-state index in [1.807, 2.05) is 0 Å². The van der Waals surface area contributed by atoms with E-state index in [0.29, 0.717) is 0 Å². The molecule has 22 heavy (non-hydrogen) atoms. The highest BCUT2D eigenvalue weighted by molar-refractivity contribution is 6.76. The van der Waals surface area contributed by atoms with Crippen LogP contribution in [0.15, 0.2) is 0 Å². The summed E-state index contributed by atoms with van der Waals surface area (Å²) >= 11 is 14.8. The largest absolute Gasteiger partial charge is 0.434 e. The van der Waals surface area contributed by atoms with Crippen molar-refractivity contribution >= 4 is 46.7 Å². The Morgan fingerprint density at radius 3 is 2.05 bits per heavy atom. The smallest absolute Gasteiger partial charge is 0.304 e. The minimum absolute atomic E-state index is 0.497. The summed E-state index contributed by atoms with van der Waals surface area (Å²) in [5, 5.41) is 27.7. The SMILES string of the molecule is CC(=O)OC1O[C@H](CO)[C@@H](O)[C@H](O)[C@H]1N.NC(=O)C(Cl)(Cl)Cl. The van der Waals surface area contributed by atoms with Gasteiger partial charge in [0.15, 0.2) is 0 Å². The van der Waals surface area contributed by atoms with E-state index in [-0.39, 0.29) is 0 Å². The van der Waals surface area contributed by atoms with Crippen LogP contribution in [0.2, 0.25) is 0 Å². The van der Waals surface area contributed by atoms with Gasteiger partial charge in [0.2, 0.25) is 6.29 Å². The van der Waals surface area contributed by atoms with Gasteiger partial charge in [-0.15, -0.1) is 0 Å². The molecule has 0 spiro atoms. The number of carbonyl (C=O) groups is 2. The minimum Gasteiger partial charge on any atom is -0.434 e. The Morgan fingerprint density at radius 1 is 1.27 bits per heavy atom. The first-order valence-corrected chi connectivity index (χ1v) is 6.97. The third-order valence-corrected chi connectivity index (χ3v) is 3.05. The van der Waals surface area contributed by atoms with Crippen molar-refractivity contribution in [3.63, 3.8) is 0 Å². The van der Waals surface area contributed by atoms with Crippen molar-refractivity contribution in [2.24, 2.45) is 11.5 Å². The van der Waals surface area contributed by atoms with Crippen LogP contribution in [0.3, 0.4) is 0 Å². The van der Waals surface area contributed by atoms with Crippen molar-refractivity contribution in [3.05, 3.63) is 0 Å². The maximum absolute atomic E-state index is 10.7. The number of halogens is 3. The van der Waals surface area contributed by atoms with E-state index in [0.717, 1.165) is 0 Å². The highest BCUT2D eigenvalue weighted by Crippen LogP contribution is 2.24. The van der Waals surface area contributed by atoms with E-state index in [4.69, 9.17) is 50.4 Å². The Balaban J connectivity index is 0.000000534. The lowest BCUT2D eigenvalue weighted by atomic mass is 9.98. The summed E-state index contributed by atoms with van der Waals surface area (Å²) in [7, 11) is 0. The van der Waals surface area contributed by atoms with Crippen LogP contribution in [0.4, 0.5) is 0 Å². The molecule has 1 saturated heterocycles. The van der Waals surface area contributed by atoms with Gasteiger partial charge in [-0.25, -0.2) is 0 Å². The molecule has 9 nitrogen and oxygen atoms in total. The molecule has 1 aliphatic rings. The van der Waals surface area contributed by atoms with Gasteiger partial charge in [-0.1, -0.05) is 34.8 Å². The van der Waals surface area contributed by atoms with Gasteiger partial charge in [0, 0.05) is 6.92 Å². The molecule has 0 bridgehead atoms. The number of rotatable bonds is 2. The fourth-order valence-corrected chi connectivity index (χ4v) is 1.37. The van der Waals surface area contributed by atoms with E-state index in [1.165, 1.54) is 6.92 Å². The van der Waals surface area contributed by atoms with E-state index in [1.54, 1.807) is 0 Å². The molecular formula is C10H17Cl3N2O7.